The van der Waals surface area contributed by atoms with Crippen LogP contribution in [0.4, 0.5) is 22.0 Å². The third kappa shape index (κ3) is 3.38. The summed E-state index contributed by atoms with van der Waals surface area (Å²) in [4.78, 5) is 0. The van der Waals surface area contributed by atoms with Gasteiger partial charge in [0.05, 0.1) is 0 Å². The second kappa shape index (κ2) is 4.04. The van der Waals surface area contributed by atoms with Gasteiger partial charge in [0.15, 0.2) is 0 Å². The van der Waals surface area contributed by atoms with Gasteiger partial charge in [0.25, 0.3) is 6.43 Å². The smallest absolute Gasteiger partial charge is 0.406 e. The van der Waals surface area contributed by atoms with E-state index >= 15 is 0 Å². The number of rotatable bonds is 2. The van der Waals surface area contributed by atoms with Crippen molar-refractivity contribution in [3.63, 3.8) is 0 Å². The molecule has 0 heterocycles. The van der Waals surface area contributed by atoms with E-state index in [-0.39, 0.29) is 11.1 Å². The van der Waals surface area contributed by atoms with Crippen LogP contribution in [0.25, 0.3) is 0 Å². The summed E-state index contributed by atoms with van der Waals surface area (Å²) in [5.41, 5.74) is -0.313. The van der Waals surface area contributed by atoms with Crippen LogP contribution in [0, 0.1) is 6.92 Å². The summed E-state index contributed by atoms with van der Waals surface area (Å²) in [7, 11) is 0. The average Bonchev–Trinajstić information content (AvgIpc) is 2.05. The Morgan fingerprint density at radius 1 is 1.20 bits per heavy atom. The van der Waals surface area contributed by atoms with Crippen molar-refractivity contribution in [3.05, 3.63) is 29.3 Å². The van der Waals surface area contributed by atoms with Crippen molar-refractivity contribution in [2.75, 3.05) is 0 Å². The Morgan fingerprint density at radius 3 is 2.20 bits per heavy atom. The van der Waals surface area contributed by atoms with Gasteiger partial charge < -0.3 is 4.74 Å². The first-order valence-electron chi connectivity index (χ1n) is 3.94. The van der Waals surface area contributed by atoms with Gasteiger partial charge in [-0.05, 0) is 30.7 Å². The second-order valence-corrected chi connectivity index (χ2v) is 2.87. The summed E-state index contributed by atoms with van der Waals surface area (Å²) in [5.74, 6) is -0.466. The van der Waals surface area contributed by atoms with Crippen LogP contribution in [0.1, 0.15) is 17.6 Å². The SMILES string of the molecule is Cc1cc(C(F)F)ccc1OC(F)(F)F. The number of hydrogen-bond acceptors (Lipinski definition) is 1. The molecule has 0 spiro atoms. The van der Waals surface area contributed by atoms with Gasteiger partial charge in [0, 0.05) is 5.56 Å². The predicted molar refractivity (Wildman–Crippen MR) is 42.8 cm³/mol. The molecule has 0 N–H and O–H groups in total. The minimum atomic E-state index is -4.81. The van der Waals surface area contributed by atoms with E-state index in [1.807, 2.05) is 0 Å². The molecule has 1 rings (SSSR count). The normalized spacial score (nSPS) is 11.9. The van der Waals surface area contributed by atoms with E-state index in [9.17, 15) is 22.0 Å². The standard InChI is InChI=1S/C9H7F5O/c1-5-4-6(8(10)11)2-3-7(5)15-9(12,13)14/h2-4,8H,1H3. The van der Waals surface area contributed by atoms with Gasteiger partial charge in [0.2, 0.25) is 0 Å². The van der Waals surface area contributed by atoms with Crippen molar-refractivity contribution in [2.24, 2.45) is 0 Å². The quantitative estimate of drug-likeness (QED) is 0.696. The summed E-state index contributed by atoms with van der Waals surface area (Å²) in [5, 5.41) is 0. The molecule has 84 valence electrons. The highest BCUT2D eigenvalue weighted by Crippen LogP contribution is 2.29. The maximum atomic E-state index is 12.2. The molecular formula is C9H7F5O. The van der Waals surface area contributed by atoms with Gasteiger partial charge in [0.1, 0.15) is 5.75 Å². The number of halogens is 5. The third-order valence-corrected chi connectivity index (χ3v) is 1.68. The molecule has 0 aliphatic rings. The molecule has 0 atom stereocenters. The van der Waals surface area contributed by atoms with Crippen LogP contribution in [-0.4, -0.2) is 6.36 Å². The van der Waals surface area contributed by atoms with Gasteiger partial charge in [-0.15, -0.1) is 13.2 Å². The number of aryl methyl sites for hydroxylation is 1. The van der Waals surface area contributed by atoms with Crippen LogP contribution in [0.3, 0.4) is 0 Å². The molecule has 0 aromatic heterocycles. The highest BCUT2D eigenvalue weighted by Gasteiger charge is 2.31. The van der Waals surface area contributed by atoms with Crippen molar-refractivity contribution >= 4 is 0 Å². The number of benzene rings is 1. The summed E-state index contributed by atoms with van der Waals surface area (Å²) < 4.78 is 63.4. The van der Waals surface area contributed by atoms with Crippen LogP contribution in [0.2, 0.25) is 0 Å². The zero-order valence-electron chi connectivity index (χ0n) is 7.61. The van der Waals surface area contributed by atoms with Crippen molar-refractivity contribution in [2.45, 2.75) is 19.7 Å². The number of ether oxygens (including phenoxy) is 1. The Labute approximate surface area is 82.5 Å². The van der Waals surface area contributed by atoms with E-state index < -0.39 is 18.5 Å². The molecule has 0 radical (unpaired) electrons. The lowest BCUT2D eigenvalue weighted by Gasteiger charge is -2.12. The van der Waals surface area contributed by atoms with Crippen LogP contribution < -0.4 is 4.74 Å². The molecular weight excluding hydrogens is 219 g/mol. The van der Waals surface area contributed by atoms with Crippen LogP contribution in [-0.2, 0) is 0 Å². The lowest BCUT2D eigenvalue weighted by molar-refractivity contribution is -0.274. The van der Waals surface area contributed by atoms with E-state index in [4.69, 9.17) is 0 Å². The Kier molecular flexibility index (Phi) is 3.16. The highest BCUT2D eigenvalue weighted by molar-refractivity contribution is 5.36. The Hall–Kier alpha value is -1.33. The van der Waals surface area contributed by atoms with Gasteiger partial charge in [-0.25, -0.2) is 8.78 Å². The number of alkyl halides is 5. The molecule has 0 unspecified atom stereocenters. The minimum absolute atomic E-state index is 0.0186. The van der Waals surface area contributed by atoms with Crippen molar-refractivity contribution in [3.8, 4) is 5.75 Å². The summed E-state index contributed by atoms with van der Waals surface area (Å²) >= 11 is 0. The zero-order chi connectivity index (χ0) is 11.6. The molecule has 1 aromatic carbocycles. The maximum absolute atomic E-state index is 12.2. The maximum Gasteiger partial charge on any atom is 0.573 e. The second-order valence-electron chi connectivity index (χ2n) is 2.87. The molecule has 0 amide bonds. The van der Waals surface area contributed by atoms with E-state index in [1.54, 1.807) is 0 Å². The van der Waals surface area contributed by atoms with Crippen LogP contribution in [0.15, 0.2) is 18.2 Å². The molecule has 15 heavy (non-hydrogen) atoms. The minimum Gasteiger partial charge on any atom is -0.406 e. The van der Waals surface area contributed by atoms with Gasteiger partial charge in [-0.3, -0.25) is 0 Å². The van der Waals surface area contributed by atoms with Crippen molar-refractivity contribution < 1.29 is 26.7 Å². The number of hydrogen-bond donors (Lipinski definition) is 0. The van der Waals surface area contributed by atoms with E-state index in [0.717, 1.165) is 18.2 Å². The molecule has 1 nitrogen and oxygen atoms in total. The summed E-state index contributed by atoms with van der Waals surface area (Å²) in [6, 6.07) is 2.74. The first-order valence-corrected chi connectivity index (χ1v) is 3.94. The monoisotopic (exact) mass is 226 g/mol. The fourth-order valence-corrected chi connectivity index (χ4v) is 1.05. The lowest BCUT2D eigenvalue weighted by atomic mass is 10.1. The fraction of sp³-hybridized carbons (Fsp3) is 0.333. The molecule has 0 saturated heterocycles. The van der Waals surface area contributed by atoms with E-state index in [0.29, 0.717) is 0 Å². The Bertz CT molecular complexity index is 345. The van der Waals surface area contributed by atoms with Crippen LogP contribution in [0.5, 0.6) is 5.75 Å². The molecule has 0 fully saturated rings. The Balaban J connectivity index is 2.94. The zero-order valence-corrected chi connectivity index (χ0v) is 7.61. The van der Waals surface area contributed by atoms with Gasteiger partial charge >= 0.3 is 6.36 Å². The molecule has 6 heteroatoms. The van der Waals surface area contributed by atoms with Gasteiger partial charge in [-0.1, -0.05) is 0 Å². The average molecular weight is 226 g/mol. The van der Waals surface area contributed by atoms with E-state index in [2.05, 4.69) is 4.74 Å². The largest absolute Gasteiger partial charge is 0.573 e. The Morgan fingerprint density at radius 2 is 1.80 bits per heavy atom. The van der Waals surface area contributed by atoms with Gasteiger partial charge in [-0.2, -0.15) is 0 Å². The molecule has 0 bridgehead atoms. The first-order chi connectivity index (χ1) is 6.79. The van der Waals surface area contributed by atoms with Crippen molar-refractivity contribution in [1.29, 1.82) is 0 Å². The topological polar surface area (TPSA) is 9.23 Å². The van der Waals surface area contributed by atoms with Crippen molar-refractivity contribution in [1.82, 2.24) is 0 Å². The lowest BCUT2D eigenvalue weighted by Crippen LogP contribution is -2.17. The third-order valence-electron chi connectivity index (χ3n) is 1.68. The molecule has 0 saturated carbocycles. The summed E-state index contributed by atoms with van der Waals surface area (Å²) in [6.07, 6.45) is -7.51. The molecule has 0 aliphatic heterocycles. The predicted octanol–water partition coefficient (Wildman–Crippen LogP) is 3.83. The van der Waals surface area contributed by atoms with Crippen LogP contribution >= 0.6 is 0 Å². The summed E-state index contributed by atoms with van der Waals surface area (Å²) in [6.45, 7) is 1.27. The highest BCUT2D eigenvalue weighted by atomic mass is 19.4. The molecule has 0 aliphatic carbocycles. The molecule has 1 aromatic rings. The first kappa shape index (κ1) is 11.7. The van der Waals surface area contributed by atoms with E-state index in [1.165, 1.54) is 6.92 Å². The fourth-order valence-electron chi connectivity index (χ4n) is 1.05.